The van der Waals surface area contributed by atoms with E-state index in [1.54, 1.807) is 35.6 Å². The highest BCUT2D eigenvalue weighted by Gasteiger charge is 2.27. The second kappa shape index (κ2) is 8.85. The largest absolute Gasteiger partial charge is 0.350 e. The second-order valence-corrected chi connectivity index (χ2v) is 8.47. The number of hydrogen-bond acceptors (Lipinski definition) is 4. The smallest absolute Gasteiger partial charge is 0.253 e. The number of hydrogen-bond donors (Lipinski definition) is 1. The first-order valence-electron chi connectivity index (χ1n) is 9.21. The van der Waals surface area contributed by atoms with Gasteiger partial charge in [-0.1, -0.05) is 25.4 Å². The summed E-state index contributed by atoms with van der Waals surface area (Å²) in [4.78, 5) is 31.1. The van der Waals surface area contributed by atoms with Gasteiger partial charge in [-0.25, -0.2) is 4.98 Å². The van der Waals surface area contributed by atoms with E-state index in [2.05, 4.69) is 5.32 Å². The molecule has 0 aliphatic carbocycles. The molecule has 2 aromatic rings. The summed E-state index contributed by atoms with van der Waals surface area (Å²) in [6.45, 7) is 5.63. The predicted molar refractivity (Wildman–Crippen MR) is 108 cm³/mol. The van der Waals surface area contributed by atoms with Crippen LogP contribution in [0.4, 0.5) is 0 Å². The lowest BCUT2D eigenvalue weighted by molar-refractivity contribution is -0.124. The van der Waals surface area contributed by atoms with Gasteiger partial charge in [-0.05, 0) is 37.1 Å². The molecule has 144 valence electrons. The predicted octanol–water partition coefficient (Wildman–Crippen LogP) is 4.09. The number of rotatable bonds is 5. The molecule has 1 aliphatic heterocycles. The van der Waals surface area contributed by atoms with Gasteiger partial charge in [0.15, 0.2) is 0 Å². The molecule has 1 aromatic carbocycles. The average Bonchev–Trinajstić information content (AvgIpc) is 3.15. The number of carbonyl (C=O) groups is 2. The van der Waals surface area contributed by atoms with Gasteiger partial charge in [0, 0.05) is 40.9 Å². The lowest BCUT2D eigenvalue weighted by Crippen LogP contribution is -2.39. The van der Waals surface area contributed by atoms with Crippen LogP contribution >= 0.6 is 22.9 Å². The number of piperidine rings is 1. The molecule has 0 saturated carbocycles. The minimum Gasteiger partial charge on any atom is -0.350 e. The summed E-state index contributed by atoms with van der Waals surface area (Å²) in [7, 11) is 0. The van der Waals surface area contributed by atoms with E-state index in [1.165, 1.54) is 0 Å². The summed E-state index contributed by atoms with van der Waals surface area (Å²) in [5.41, 5.74) is 1.54. The number of amides is 2. The van der Waals surface area contributed by atoms with Crippen molar-refractivity contribution in [2.24, 2.45) is 5.92 Å². The highest BCUT2D eigenvalue weighted by Crippen LogP contribution is 2.30. The van der Waals surface area contributed by atoms with Crippen LogP contribution in [0.15, 0.2) is 29.6 Å². The first-order chi connectivity index (χ1) is 12.9. The van der Waals surface area contributed by atoms with Gasteiger partial charge in [0.25, 0.3) is 5.91 Å². The number of carbonyl (C=O) groups excluding carboxylic acids is 2. The molecule has 0 unspecified atom stereocenters. The molecule has 0 radical (unpaired) electrons. The Morgan fingerprint density at radius 1 is 1.33 bits per heavy atom. The fourth-order valence-electron chi connectivity index (χ4n) is 3.11. The van der Waals surface area contributed by atoms with Crippen LogP contribution < -0.4 is 5.32 Å². The van der Waals surface area contributed by atoms with Gasteiger partial charge in [-0.15, -0.1) is 11.3 Å². The van der Waals surface area contributed by atoms with Crippen molar-refractivity contribution in [2.45, 2.75) is 39.2 Å². The van der Waals surface area contributed by atoms with Crippen LogP contribution in [0.1, 0.15) is 53.7 Å². The molecule has 27 heavy (non-hydrogen) atoms. The number of thiazole rings is 1. The van der Waals surface area contributed by atoms with Crippen LogP contribution in [0.5, 0.6) is 0 Å². The van der Waals surface area contributed by atoms with E-state index in [0.29, 0.717) is 23.7 Å². The Hall–Kier alpha value is -1.92. The molecule has 3 rings (SSSR count). The van der Waals surface area contributed by atoms with Gasteiger partial charge in [0.05, 0.1) is 17.2 Å². The first-order valence-corrected chi connectivity index (χ1v) is 10.5. The minimum atomic E-state index is -0.0334. The zero-order valence-corrected chi connectivity index (χ0v) is 17.1. The fraction of sp³-hybridized carbons (Fsp3) is 0.450. The monoisotopic (exact) mass is 405 g/mol. The molecule has 1 N–H and O–H groups in total. The number of halogens is 1. The molecule has 2 amide bonds. The third kappa shape index (κ3) is 5.08. The Labute approximate surface area is 168 Å². The molecule has 0 spiro atoms. The lowest BCUT2D eigenvalue weighted by atomic mass is 9.98. The molecule has 1 fully saturated rings. The van der Waals surface area contributed by atoms with Gasteiger partial charge in [0.1, 0.15) is 0 Å². The van der Waals surface area contributed by atoms with Gasteiger partial charge < -0.3 is 10.2 Å². The van der Waals surface area contributed by atoms with Crippen molar-refractivity contribution in [3.05, 3.63) is 50.9 Å². The van der Waals surface area contributed by atoms with E-state index in [-0.39, 0.29) is 23.7 Å². The van der Waals surface area contributed by atoms with Crippen LogP contribution in [0, 0.1) is 5.92 Å². The van der Waals surface area contributed by atoms with Crippen molar-refractivity contribution >= 4 is 34.8 Å². The quantitative estimate of drug-likeness (QED) is 0.814. The standard InChI is InChI=1S/C20H24ClN3O2S/c1-13(2)18(25)22-10-17-12-27-19(23-17)15-4-3-9-24(11-15)20(26)14-5-7-16(21)8-6-14/h5-8,12-13,15H,3-4,9-11H2,1-2H3,(H,22,25)/t15-/m1/s1. The van der Waals surface area contributed by atoms with Crippen molar-refractivity contribution in [1.29, 1.82) is 0 Å². The molecule has 7 heteroatoms. The summed E-state index contributed by atoms with van der Waals surface area (Å²) < 4.78 is 0. The summed E-state index contributed by atoms with van der Waals surface area (Å²) in [5, 5.41) is 6.56. The molecule has 0 bridgehead atoms. The summed E-state index contributed by atoms with van der Waals surface area (Å²) >= 11 is 7.52. The van der Waals surface area contributed by atoms with E-state index >= 15 is 0 Å². The van der Waals surface area contributed by atoms with Crippen LogP contribution in [-0.4, -0.2) is 34.8 Å². The Morgan fingerprint density at radius 2 is 2.07 bits per heavy atom. The zero-order valence-electron chi connectivity index (χ0n) is 15.6. The molecular formula is C20H24ClN3O2S. The fourth-order valence-corrected chi connectivity index (χ4v) is 4.18. The van der Waals surface area contributed by atoms with E-state index in [9.17, 15) is 9.59 Å². The van der Waals surface area contributed by atoms with E-state index in [1.807, 2.05) is 24.1 Å². The third-order valence-corrected chi connectivity index (χ3v) is 5.99. The second-order valence-electron chi connectivity index (χ2n) is 7.15. The van der Waals surface area contributed by atoms with Crippen LogP contribution in [0.25, 0.3) is 0 Å². The molecule has 1 aliphatic rings. The van der Waals surface area contributed by atoms with E-state index in [4.69, 9.17) is 16.6 Å². The maximum absolute atomic E-state index is 12.8. The topological polar surface area (TPSA) is 62.3 Å². The normalized spacial score (nSPS) is 17.2. The van der Waals surface area contributed by atoms with Crippen LogP contribution in [0.2, 0.25) is 5.02 Å². The number of benzene rings is 1. The van der Waals surface area contributed by atoms with Crippen molar-refractivity contribution < 1.29 is 9.59 Å². The SMILES string of the molecule is CC(C)C(=O)NCc1csc([C@@H]2CCCN(C(=O)c3ccc(Cl)cc3)C2)n1. The van der Waals surface area contributed by atoms with Crippen molar-refractivity contribution in [1.82, 2.24) is 15.2 Å². The highest BCUT2D eigenvalue weighted by molar-refractivity contribution is 7.09. The van der Waals surface area contributed by atoms with Gasteiger partial charge >= 0.3 is 0 Å². The Morgan fingerprint density at radius 3 is 2.78 bits per heavy atom. The summed E-state index contributed by atoms with van der Waals surface area (Å²) in [5.74, 6) is 0.280. The summed E-state index contributed by atoms with van der Waals surface area (Å²) in [6, 6.07) is 7.03. The van der Waals surface area contributed by atoms with Crippen molar-refractivity contribution in [3.8, 4) is 0 Å². The number of nitrogens with zero attached hydrogens (tertiary/aromatic N) is 2. The average molecular weight is 406 g/mol. The Bertz CT molecular complexity index is 804. The van der Waals surface area contributed by atoms with Crippen molar-refractivity contribution in [3.63, 3.8) is 0 Å². The summed E-state index contributed by atoms with van der Waals surface area (Å²) in [6.07, 6.45) is 1.98. The lowest BCUT2D eigenvalue weighted by Gasteiger charge is -2.32. The Kier molecular flexibility index (Phi) is 6.50. The molecular weight excluding hydrogens is 382 g/mol. The maximum atomic E-state index is 12.8. The van der Waals surface area contributed by atoms with E-state index < -0.39 is 0 Å². The first kappa shape index (κ1) is 19.8. The van der Waals surface area contributed by atoms with Crippen LogP contribution in [0.3, 0.4) is 0 Å². The van der Waals surface area contributed by atoms with E-state index in [0.717, 1.165) is 30.1 Å². The third-order valence-electron chi connectivity index (χ3n) is 4.69. The molecule has 5 nitrogen and oxygen atoms in total. The van der Waals surface area contributed by atoms with Gasteiger partial charge in [0.2, 0.25) is 5.91 Å². The molecule has 2 heterocycles. The molecule has 1 aromatic heterocycles. The van der Waals surface area contributed by atoms with Crippen LogP contribution in [-0.2, 0) is 11.3 Å². The zero-order chi connectivity index (χ0) is 19.4. The maximum Gasteiger partial charge on any atom is 0.253 e. The number of aromatic nitrogens is 1. The molecule has 1 saturated heterocycles. The minimum absolute atomic E-state index is 0.0296. The highest BCUT2D eigenvalue weighted by atomic mass is 35.5. The molecule has 1 atom stereocenters. The van der Waals surface area contributed by atoms with Gasteiger partial charge in [-0.3, -0.25) is 9.59 Å². The number of nitrogens with one attached hydrogen (secondary N) is 1. The van der Waals surface area contributed by atoms with Crippen molar-refractivity contribution in [2.75, 3.05) is 13.1 Å². The Balaban J connectivity index is 1.62. The number of likely N-dealkylation sites (tertiary alicyclic amines) is 1. The van der Waals surface area contributed by atoms with Gasteiger partial charge in [-0.2, -0.15) is 0 Å².